The number of rotatable bonds is 6. The molecule has 0 saturated carbocycles. The maximum atomic E-state index is 13.1. The third kappa shape index (κ3) is 3.33. The third-order valence-electron chi connectivity index (χ3n) is 3.95. The van der Waals surface area contributed by atoms with Crippen LogP contribution in [0.2, 0.25) is 0 Å². The predicted octanol–water partition coefficient (Wildman–Crippen LogP) is 2.71. The van der Waals surface area contributed by atoms with E-state index in [0.717, 1.165) is 16.0 Å². The molecule has 0 aliphatic heterocycles. The average molecular weight is 358 g/mol. The SMILES string of the molecule is COCCc1nc2sc(C)c(-c3ccccc3)c2c(=O)n1CC(=O)O. The van der Waals surface area contributed by atoms with Crippen molar-refractivity contribution in [2.24, 2.45) is 0 Å². The van der Waals surface area contributed by atoms with Gasteiger partial charge in [-0.25, -0.2) is 4.98 Å². The van der Waals surface area contributed by atoms with Crippen LogP contribution in [0, 0.1) is 6.92 Å². The van der Waals surface area contributed by atoms with Gasteiger partial charge in [0.1, 0.15) is 17.2 Å². The highest BCUT2D eigenvalue weighted by Crippen LogP contribution is 2.35. The van der Waals surface area contributed by atoms with Crippen LogP contribution in [0.4, 0.5) is 0 Å². The first-order chi connectivity index (χ1) is 12.0. The minimum atomic E-state index is -1.07. The Labute approximate surface area is 148 Å². The molecule has 1 aromatic carbocycles. The highest BCUT2D eigenvalue weighted by Gasteiger charge is 2.20. The number of fused-ring (bicyclic) bond motifs is 1. The molecule has 0 amide bonds. The van der Waals surface area contributed by atoms with Crippen LogP contribution in [0.15, 0.2) is 35.1 Å². The monoisotopic (exact) mass is 358 g/mol. The lowest BCUT2D eigenvalue weighted by Gasteiger charge is -2.11. The summed E-state index contributed by atoms with van der Waals surface area (Å²) in [7, 11) is 1.56. The van der Waals surface area contributed by atoms with Crippen LogP contribution < -0.4 is 5.56 Å². The molecule has 0 atom stereocenters. The van der Waals surface area contributed by atoms with Crippen molar-refractivity contribution in [3.63, 3.8) is 0 Å². The first kappa shape index (κ1) is 17.3. The molecule has 3 aromatic rings. The first-order valence-electron chi connectivity index (χ1n) is 7.82. The van der Waals surface area contributed by atoms with Gasteiger partial charge in [-0.05, 0) is 12.5 Å². The second-order valence-electron chi connectivity index (χ2n) is 5.64. The van der Waals surface area contributed by atoms with Crippen molar-refractivity contribution in [2.45, 2.75) is 19.9 Å². The van der Waals surface area contributed by atoms with Crippen LogP contribution in [-0.2, 0) is 22.5 Å². The number of aliphatic carboxylic acids is 1. The number of carboxylic acids is 1. The minimum Gasteiger partial charge on any atom is -0.480 e. The molecule has 25 heavy (non-hydrogen) atoms. The smallest absolute Gasteiger partial charge is 0.323 e. The topological polar surface area (TPSA) is 81.4 Å². The van der Waals surface area contributed by atoms with Gasteiger partial charge in [-0.15, -0.1) is 11.3 Å². The normalized spacial score (nSPS) is 11.1. The second kappa shape index (κ2) is 7.16. The van der Waals surface area contributed by atoms with Crippen LogP contribution in [0.3, 0.4) is 0 Å². The Morgan fingerprint density at radius 1 is 1.32 bits per heavy atom. The molecule has 0 spiro atoms. The predicted molar refractivity (Wildman–Crippen MR) is 97.3 cm³/mol. The van der Waals surface area contributed by atoms with Gasteiger partial charge in [0.15, 0.2) is 0 Å². The van der Waals surface area contributed by atoms with Crippen molar-refractivity contribution in [2.75, 3.05) is 13.7 Å². The van der Waals surface area contributed by atoms with Crippen LogP contribution in [0.1, 0.15) is 10.7 Å². The number of methoxy groups -OCH3 is 1. The van der Waals surface area contributed by atoms with Crippen molar-refractivity contribution < 1.29 is 14.6 Å². The molecule has 0 aliphatic carbocycles. The fraction of sp³-hybridized carbons (Fsp3) is 0.278. The highest BCUT2D eigenvalue weighted by molar-refractivity contribution is 7.19. The number of nitrogens with zero attached hydrogens (tertiary/aromatic N) is 2. The van der Waals surface area contributed by atoms with E-state index in [0.29, 0.717) is 29.1 Å². The minimum absolute atomic E-state index is 0.318. The van der Waals surface area contributed by atoms with E-state index in [9.17, 15) is 14.7 Å². The molecule has 3 rings (SSSR count). The van der Waals surface area contributed by atoms with Gasteiger partial charge in [0.25, 0.3) is 5.56 Å². The summed E-state index contributed by atoms with van der Waals surface area (Å²) >= 11 is 1.45. The van der Waals surface area contributed by atoms with Crippen molar-refractivity contribution in [1.82, 2.24) is 9.55 Å². The molecular formula is C18H18N2O4S. The fourth-order valence-corrected chi connectivity index (χ4v) is 3.93. The summed E-state index contributed by atoms with van der Waals surface area (Å²) in [5, 5.41) is 9.67. The van der Waals surface area contributed by atoms with Gasteiger partial charge >= 0.3 is 5.97 Å². The van der Waals surface area contributed by atoms with Crippen molar-refractivity contribution in [3.05, 3.63) is 51.4 Å². The molecule has 0 radical (unpaired) electrons. The second-order valence-corrected chi connectivity index (χ2v) is 6.84. The lowest BCUT2D eigenvalue weighted by Crippen LogP contribution is -2.29. The zero-order valence-electron chi connectivity index (χ0n) is 14.0. The first-order valence-corrected chi connectivity index (χ1v) is 8.63. The summed E-state index contributed by atoms with van der Waals surface area (Å²) in [6, 6.07) is 9.61. The van der Waals surface area contributed by atoms with E-state index < -0.39 is 12.5 Å². The van der Waals surface area contributed by atoms with Gasteiger partial charge in [-0.1, -0.05) is 30.3 Å². The van der Waals surface area contributed by atoms with Gasteiger partial charge in [0, 0.05) is 24.0 Å². The number of ether oxygens (including phenoxy) is 1. The van der Waals surface area contributed by atoms with Gasteiger partial charge < -0.3 is 9.84 Å². The molecule has 6 nitrogen and oxygen atoms in total. The van der Waals surface area contributed by atoms with E-state index in [2.05, 4.69) is 4.98 Å². The van der Waals surface area contributed by atoms with Crippen molar-refractivity contribution in [1.29, 1.82) is 0 Å². The van der Waals surface area contributed by atoms with Crippen LogP contribution >= 0.6 is 11.3 Å². The van der Waals surface area contributed by atoms with Crippen molar-refractivity contribution >= 4 is 27.5 Å². The summed E-state index contributed by atoms with van der Waals surface area (Å²) in [4.78, 5) is 30.5. The quantitative estimate of drug-likeness (QED) is 0.733. The molecule has 0 unspecified atom stereocenters. The summed E-state index contributed by atoms with van der Waals surface area (Å²) in [5.74, 6) is -0.641. The lowest BCUT2D eigenvalue weighted by molar-refractivity contribution is -0.137. The van der Waals surface area contributed by atoms with Crippen LogP contribution in [0.25, 0.3) is 21.3 Å². The van der Waals surface area contributed by atoms with Crippen LogP contribution in [0.5, 0.6) is 0 Å². The van der Waals surface area contributed by atoms with E-state index in [-0.39, 0.29) is 5.56 Å². The number of thiophene rings is 1. The molecule has 0 fully saturated rings. The zero-order valence-corrected chi connectivity index (χ0v) is 14.8. The summed E-state index contributed by atoms with van der Waals surface area (Å²) < 4.78 is 6.29. The molecule has 1 N–H and O–H groups in total. The Balaban J connectivity index is 2.29. The Morgan fingerprint density at radius 2 is 2.04 bits per heavy atom. The highest BCUT2D eigenvalue weighted by atomic mass is 32.1. The fourth-order valence-electron chi connectivity index (χ4n) is 2.87. The standard InChI is InChI=1S/C18H18N2O4S/c1-11-15(12-6-4-3-5-7-12)16-17(25-11)19-13(8-9-24-2)20(18(16)23)10-14(21)22/h3-7H,8-10H2,1-2H3,(H,21,22). The molecular weight excluding hydrogens is 340 g/mol. The number of hydrogen-bond donors (Lipinski definition) is 1. The Kier molecular flexibility index (Phi) is 4.96. The number of aromatic nitrogens is 2. The molecule has 0 saturated heterocycles. The average Bonchev–Trinajstić information content (AvgIpc) is 2.92. The molecule has 0 bridgehead atoms. The molecule has 2 aromatic heterocycles. The van der Waals surface area contributed by atoms with E-state index in [4.69, 9.17) is 4.74 Å². The number of aryl methyl sites for hydroxylation is 1. The van der Waals surface area contributed by atoms with Gasteiger partial charge in [0.05, 0.1) is 12.0 Å². The number of carbonyl (C=O) groups is 1. The maximum absolute atomic E-state index is 13.1. The summed E-state index contributed by atoms with van der Waals surface area (Å²) in [6.07, 6.45) is 0.382. The van der Waals surface area contributed by atoms with E-state index in [1.807, 2.05) is 37.3 Å². The van der Waals surface area contributed by atoms with E-state index in [1.165, 1.54) is 15.9 Å². The molecule has 130 valence electrons. The summed E-state index contributed by atoms with van der Waals surface area (Å²) in [5.41, 5.74) is 1.44. The number of hydrogen-bond acceptors (Lipinski definition) is 5. The Morgan fingerprint density at radius 3 is 2.68 bits per heavy atom. The van der Waals surface area contributed by atoms with E-state index in [1.54, 1.807) is 7.11 Å². The largest absolute Gasteiger partial charge is 0.480 e. The molecule has 2 heterocycles. The van der Waals surface area contributed by atoms with Gasteiger partial charge in [0.2, 0.25) is 0 Å². The zero-order chi connectivity index (χ0) is 18.0. The van der Waals surface area contributed by atoms with E-state index >= 15 is 0 Å². The van der Waals surface area contributed by atoms with Gasteiger partial charge in [-0.2, -0.15) is 0 Å². The number of benzene rings is 1. The Bertz CT molecular complexity index is 976. The summed E-state index contributed by atoms with van der Waals surface area (Å²) in [6.45, 7) is 1.90. The Hall–Kier alpha value is -2.51. The maximum Gasteiger partial charge on any atom is 0.323 e. The van der Waals surface area contributed by atoms with Crippen molar-refractivity contribution in [3.8, 4) is 11.1 Å². The number of carboxylic acid groups (broad SMARTS) is 1. The molecule has 7 heteroatoms. The van der Waals surface area contributed by atoms with Crippen LogP contribution in [-0.4, -0.2) is 34.3 Å². The lowest BCUT2D eigenvalue weighted by atomic mass is 10.0. The third-order valence-corrected chi connectivity index (χ3v) is 4.95. The van der Waals surface area contributed by atoms with Gasteiger partial charge in [-0.3, -0.25) is 14.2 Å². The molecule has 0 aliphatic rings.